The van der Waals surface area contributed by atoms with Crippen molar-refractivity contribution in [2.45, 2.75) is 0 Å². The summed E-state index contributed by atoms with van der Waals surface area (Å²) in [7, 11) is 3.27. The third-order valence-electron chi connectivity index (χ3n) is 2.08. The molecule has 0 spiro atoms. The van der Waals surface area contributed by atoms with E-state index in [4.69, 9.17) is 5.41 Å². The highest BCUT2D eigenvalue weighted by atomic mass is 16.1. The molecule has 2 rings (SSSR count). The summed E-state index contributed by atoms with van der Waals surface area (Å²) >= 11 is 0. The predicted molar refractivity (Wildman–Crippen MR) is 48.7 cm³/mol. The maximum atomic E-state index is 11.6. The van der Waals surface area contributed by atoms with Crippen LogP contribution in [0.15, 0.2) is 17.2 Å². The Kier molecular flexibility index (Phi) is 1.70. The van der Waals surface area contributed by atoms with Crippen LogP contribution < -0.4 is 11.2 Å². The van der Waals surface area contributed by atoms with Gasteiger partial charge in [0.15, 0.2) is 11.5 Å². The fourth-order valence-electron chi connectivity index (χ4n) is 1.22. The zero-order valence-electron chi connectivity index (χ0n) is 7.85. The molecule has 0 saturated heterocycles. The van der Waals surface area contributed by atoms with Crippen LogP contribution in [0.5, 0.6) is 0 Å². The molecule has 6 nitrogen and oxygen atoms in total. The van der Waals surface area contributed by atoms with Crippen molar-refractivity contribution >= 4 is 0 Å². The van der Waals surface area contributed by atoms with Gasteiger partial charge >= 0.3 is 0 Å². The van der Waals surface area contributed by atoms with Crippen LogP contribution in [0.3, 0.4) is 0 Å². The first-order valence-electron chi connectivity index (χ1n) is 4.04. The molecule has 0 bridgehead atoms. The van der Waals surface area contributed by atoms with Gasteiger partial charge in [-0.05, 0) is 0 Å². The monoisotopic (exact) mass is 191 g/mol. The Labute approximate surface area is 79.3 Å². The van der Waals surface area contributed by atoms with Gasteiger partial charge in [-0.1, -0.05) is 0 Å². The number of nitrogens with one attached hydrogen (secondary N) is 1. The highest BCUT2D eigenvalue weighted by molar-refractivity contribution is 5.47. The molecule has 0 fully saturated rings. The molecule has 2 aliphatic rings. The van der Waals surface area contributed by atoms with E-state index in [9.17, 15) is 4.79 Å². The van der Waals surface area contributed by atoms with Crippen molar-refractivity contribution in [2.75, 3.05) is 0 Å². The van der Waals surface area contributed by atoms with E-state index in [1.54, 1.807) is 17.8 Å². The van der Waals surface area contributed by atoms with Gasteiger partial charge in [-0.2, -0.15) is 4.98 Å². The van der Waals surface area contributed by atoms with Gasteiger partial charge in [0.05, 0.1) is 0 Å². The fraction of sp³-hybridized carbons (Fsp3) is 0.250. The molecule has 0 aromatic rings. The topological polar surface area (TPSA) is 76.6 Å². The van der Waals surface area contributed by atoms with Crippen LogP contribution in [0.4, 0.5) is 0 Å². The average molecular weight is 191 g/mol. The Morgan fingerprint density at radius 3 is 2.86 bits per heavy atom. The third-order valence-corrected chi connectivity index (χ3v) is 2.08. The molecule has 6 heteroatoms. The van der Waals surface area contributed by atoms with Crippen molar-refractivity contribution in [3.8, 4) is 11.5 Å². The first kappa shape index (κ1) is 8.61. The van der Waals surface area contributed by atoms with E-state index in [1.807, 2.05) is 0 Å². The summed E-state index contributed by atoms with van der Waals surface area (Å²) in [5.41, 5.74) is -0.0733. The number of aryl methyl sites for hydroxylation is 1. The zero-order valence-corrected chi connectivity index (χ0v) is 7.85. The summed E-state index contributed by atoms with van der Waals surface area (Å²) in [6, 6.07) is 0. The number of hydrogen-bond donors (Lipinski definition) is 1. The fourth-order valence-corrected chi connectivity index (χ4v) is 1.22. The number of hydrogen-bond acceptors (Lipinski definition) is 4. The van der Waals surface area contributed by atoms with E-state index in [0.717, 1.165) is 4.57 Å². The maximum Gasteiger partial charge on any atom is 0.282 e. The minimum atomic E-state index is -0.295. The van der Waals surface area contributed by atoms with Crippen molar-refractivity contribution < 1.29 is 0 Å². The smallest absolute Gasteiger partial charge is 0.282 e. The summed E-state index contributed by atoms with van der Waals surface area (Å²) < 4.78 is 2.83. The summed E-state index contributed by atoms with van der Waals surface area (Å²) in [4.78, 5) is 19.5. The second kappa shape index (κ2) is 2.76. The summed E-state index contributed by atoms with van der Waals surface area (Å²) in [6.07, 6.45) is 3.23. The highest BCUT2D eigenvalue weighted by Crippen LogP contribution is 2.06. The lowest BCUT2D eigenvalue weighted by atomic mass is 10.4. The van der Waals surface area contributed by atoms with Gasteiger partial charge in [-0.15, -0.1) is 0 Å². The van der Waals surface area contributed by atoms with Gasteiger partial charge in [-0.25, -0.2) is 4.98 Å². The molecule has 2 heterocycles. The van der Waals surface area contributed by atoms with Crippen LogP contribution in [0.25, 0.3) is 11.5 Å². The average Bonchev–Trinajstić information content (AvgIpc) is 2.17. The van der Waals surface area contributed by atoms with E-state index in [2.05, 4.69) is 9.97 Å². The van der Waals surface area contributed by atoms with Crippen molar-refractivity contribution in [1.29, 1.82) is 5.41 Å². The van der Waals surface area contributed by atoms with E-state index in [1.165, 1.54) is 13.2 Å². The molecule has 72 valence electrons. The van der Waals surface area contributed by atoms with Crippen LogP contribution >= 0.6 is 0 Å². The molecule has 1 N–H and O–H groups in total. The second-order valence-electron chi connectivity index (χ2n) is 3.01. The SMILES string of the molecule is Cn1ccnc2c(=O)n(C)c(=N)nc1-2. The van der Waals surface area contributed by atoms with Gasteiger partial charge in [0.1, 0.15) is 0 Å². The van der Waals surface area contributed by atoms with Gasteiger partial charge in [0.2, 0.25) is 5.62 Å². The van der Waals surface area contributed by atoms with E-state index >= 15 is 0 Å². The first-order valence-corrected chi connectivity index (χ1v) is 4.04. The Morgan fingerprint density at radius 2 is 2.14 bits per heavy atom. The Bertz CT molecular complexity index is 567. The van der Waals surface area contributed by atoms with Crippen LogP contribution in [-0.2, 0) is 14.1 Å². The lowest BCUT2D eigenvalue weighted by Crippen LogP contribution is -2.36. The maximum absolute atomic E-state index is 11.6. The zero-order chi connectivity index (χ0) is 10.3. The molecule has 0 aromatic carbocycles. The van der Waals surface area contributed by atoms with Crippen LogP contribution in [0.2, 0.25) is 0 Å². The minimum absolute atomic E-state index is 0.0638. The Balaban J connectivity index is 3.05. The molecule has 0 atom stereocenters. The molecule has 14 heavy (non-hydrogen) atoms. The molecule has 2 aliphatic heterocycles. The summed E-state index contributed by atoms with van der Waals surface area (Å²) in [6.45, 7) is 0. The van der Waals surface area contributed by atoms with E-state index in [-0.39, 0.29) is 16.9 Å². The molecular weight excluding hydrogens is 182 g/mol. The summed E-state index contributed by atoms with van der Waals surface area (Å²) in [5, 5.41) is 7.45. The van der Waals surface area contributed by atoms with Crippen molar-refractivity contribution in [3.05, 3.63) is 28.4 Å². The minimum Gasteiger partial charge on any atom is -0.332 e. The predicted octanol–water partition coefficient (Wildman–Crippen LogP) is -0.902. The van der Waals surface area contributed by atoms with Gasteiger partial charge in [-0.3, -0.25) is 14.8 Å². The Morgan fingerprint density at radius 1 is 1.43 bits per heavy atom. The van der Waals surface area contributed by atoms with E-state index < -0.39 is 0 Å². The molecular formula is C8H9N5O. The lowest BCUT2D eigenvalue weighted by Gasteiger charge is -2.08. The van der Waals surface area contributed by atoms with Crippen molar-refractivity contribution in [1.82, 2.24) is 19.1 Å². The number of aromatic nitrogens is 4. The molecule has 0 aromatic heterocycles. The third kappa shape index (κ3) is 1.04. The van der Waals surface area contributed by atoms with Gasteiger partial charge in [0, 0.05) is 26.5 Å². The van der Waals surface area contributed by atoms with Crippen LogP contribution in [0.1, 0.15) is 0 Å². The van der Waals surface area contributed by atoms with E-state index in [0.29, 0.717) is 5.82 Å². The number of nitrogens with zero attached hydrogens (tertiary/aromatic N) is 4. The number of fused-ring (bicyclic) bond motifs is 1. The largest absolute Gasteiger partial charge is 0.332 e. The number of rotatable bonds is 0. The normalized spacial score (nSPS) is 10.7. The quantitative estimate of drug-likeness (QED) is 0.586. The van der Waals surface area contributed by atoms with Gasteiger partial charge < -0.3 is 4.57 Å². The second-order valence-corrected chi connectivity index (χ2v) is 3.01. The standard InChI is InChI=1S/C8H9N5O/c1-12-4-3-10-5-6(12)11-8(9)13(2)7(5)14/h3-4,9H,1-2H3. The summed E-state index contributed by atoms with van der Waals surface area (Å²) in [5.74, 6) is 0.431. The molecule has 0 unspecified atom stereocenters. The lowest BCUT2D eigenvalue weighted by molar-refractivity contribution is 0.705. The molecule has 0 amide bonds. The highest BCUT2D eigenvalue weighted by Gasteiger charge is 2.13. The molecule has 0 aliphatic carbocycles. The first-order chi connectivity index (χ1) is 6.61. The van der Waals surface area contributed by atoms with Gasteiger partial charge in [0.25, 0.3) is 5.56 Å². The van der Waals surface area contributed by atoms with Crippen LogP contribution in [-0.4, -0.2) is 19.1 Å². The molecule has 0 saturated carbocycles. The Hall–Kier alpha value is -1.98. The molecule has 0 radical (unpaired) electrons. The van der Waals surface area contributed by atoms with Crippen molar-refractivity contribution in [2.24, 2.45) is 14.1 Å². The van der Waals surface area contributed by atoms with Crippen molar-refractivity contribution in [3.63, 3.8) is 0 Å². The van der Waals surface area contributed by atoms with Crippen LogP contribution in [0, 0.1) is 5.41 Å².